The highest BCUT2D eigenvalue weighted by molar-refractivity contribution is 5.88. The lowest BCUT2D eigenvalue weighted by atomic mass is 9.78. The minimum atomic E-state index is -0.898. The van der Waals surface area contributed by atoms with Crippen molar-refractivity contribution < 1.29 is 19.4 Å². The predicted octanol–water partition coefficient (Wildman–Crippen LogP) is 4.68. The number of hydrogen-bond donors (Lipinski definition) is 2. The van der Waals surface area contributed by atoms with E-state index in [0.717, 1.165) is 55.8 Å². The van der Waals surface area contributed by atoms with Crippen molar-refractivity contribution in [3.8, 4) is 5.75 Å². The van der Waals surface area contributed by atoms with Crippen molar-refractivity contribution in [1.82, 2.24) is 9.88 Å². The number of ether oxygens (including phenoxy) is 2. The number of rotatable bonds is 5. The fourth-order valence-electron chi connectivity index (χ4n) is 5.19. The molecule has 2 N–H and O–H groups in total. The first kappa shape index (κ1) is 20.1. The molecule has 1 aromatic heterocycles. The Morgan fingerprint density at radius 2 is 2.06 bits per heavy atom. The van der Waals surface area contributed by atoms with Gasteiger partial charge >= 0.3 is 5.97 Å². The molecule has 0 amide bonds. The fourth-order valence-corrected chi connectivity index (χ4v) is 5.19. The lowest BCUT2D eigenvalue weighted by Gasteiger charge is -2.51. The van der Waals surface area contributed by atoms with E-state index < -0.39 is 5.97 Å². The monoisotopic (exact) mass is 420 g/mol. The summed E-state index contributed by atoms with van der Waals surface area (Å²) in [5, 5.41) is 10.5. The average Bonchev–Trinajstić information content (AvgIpc) is 3.25. The summed E-state index contributed by atoms with van der Waals surface area (Å²) in [5.41, 5.74) is 4.91. The van der Waals surface area contributed by atoms with Crippen LogP contribution in [0.2, 0.25) is 0 Å². The number of H-pyrrole nitrogens is 1. The topological polar surface area (TPSA) is 74.8 Å². The number of piperidine rings is 1. The van der Waals surface area contributed by atoms with Crippen molar-refractivity contribution in [2.24, 2.45) is 0 Å². The van der Waals surface area contributed by atoms with Gasteiger partial charge in [-0.2, -0.15) is 0 Å². The summed E-state index contributed by atoms with van der Waals surface area (Å²) in [6, 6.07) is 11.7. The molecule has 0 unspecified atom stereocenters. The maximum absolute atomic E-state index is 11.3. The predicted molar refractivity (Wildman–Crippen MR) is 119 cm³/mol. The van der Waals surface area contributed by atoms with E-state index in [4.69, 9.17) is 9.47 Å². The van der Waals surface area contributed by atoms with Gasteiger partial charge in [0, 0.05) is 41.8 Å². The van der Waals surface area contributed by atoms with Crippen LogP contribution < -0.4 is 4.74 Å². The first-order chi connectivity index (χ1) is 15.0. The molecule has 162 valence electrons. The van der Waals surface area contributed by atoms with Gasteiger partial charge in [0.25, 0.3) is 0 Å². The van der Waals surface area contributed by atoms with Gasteiger partial charge in [-0.05, 0) is 61.6 Å². The molecule has 1 spiro atoms. The number of hydrogen-bond acceptors (Lipinski definition) is 4. The number of nitrogens with zero attached hydrogens (tertiary/aromatic N) is 1. The van der Waals surface area contributed by atoms with Gasteiger partial charge in [-0.3, -0.25) is 4.90 Å². The minimum absolute atomic E-state index is 0.0343. The highest BCUT2D eigenvalue weighted by atomic mass is 16.5. The molecule has 3 heterocycles. The fraction of sp³-hybridized carbons (Fsp3) is 0.400. The van der Waals surface area contributed by atoms with Crippen LogP contribution in [-0.4, -0.2) is 46.8 Å². The Hall–Kier alpha value is -2.83. The van der Waals surface area contributed by atoms with Crippen LogP contribution in [0.5, 0.6) is 5.75 Å². The van der Waals surface area contributed by atoms with E-state index in [1.807, 2.05) is 18.3 Å². The summed E-state index contributed by atoms with van der Waals surface area (Å²) < 4.78 is 11.8. The standard InChI is InChI=1S/C25H28N2O4/c1-16-13-22(30-2)20(19-7-10-26-23(16)19)15-27-11-8-25(9-12-31-25)14-21(27)17-3-5-18(6-4-17)24(28)29/h3-7,10,13,21,26H,8-9,11-12,14-15H2,1-2H3,(H,28,29)/t21-,25+/m0/s1. The summed E-state index contributed by atoms with van der Waals surface area (Å²) in [6.45, 7) is 4.62. The number of fused-ring (bicyclic) bond motifs is 1. The molecule has 2 fully saturated rings. The Balaban J connectivity index is 1.51. The molecule has 2 aliphatic heterocycles. The molecule has 2 saturated heterocycles. The number of nitrogens with one attached hydrogen (secondary N) is 1. The van der Waals surface area contributed by atoms with Crippen molar-refractivity contribution in [2.45, 2.75) is 44.4 Å². The smallest absolute Gasteiger partial charge is 0.335 e. The number of carboxylic acid groups (broad SMARTS) is 1. The Morgan fingerprint density at radius 3 is 2.71 bits per heavy atom. The number of methoxy groups -OCH3 is 1. The largest absolute Gasteiger partial charge is 0.496 e. The Kier molecular flexibility index (Phi) is 4.99. The number of aromatic amines is 1. The number of carboxylic acids is 1. The Labute approximate surface area is 181 Å². The summed E-state index contributed by atoms with van der Waals surface area (Å²) in [6.07, 6.45) is 5.02. The van der Waals surface area contributed by atoms with Crippen LogP contribution in [0.3, 0.4) is 0 Å². The van der Waals surface area contributed by atoms with E-state index in [9.17, 15) is 9.90 Å². The summed E-state index contributed by atoms with van der Waals surface area (Å²) >= 11 is 0. The first-order valence-electron chi connectivity index (χ1n) is 10.8. The molecule has 31 heavy (non-hydrogen) atoms. The van der Waals surface area contributed by atoms with Gasteiger partial charge in [-0.15, -0.1) is 0 Å². The molecule has 0 aliphatic carbocycles. The van der Waals surface area contributed by atoms with E-state index in [2.05, 4.69) is 28.9 Å². The van der Waals surface area contributed by atoms with Crippen molar-refractivity contribution in [1.29, 1.82) is 0 Å². The second-order valence-electron chi connectivity index (χ2n) is 8.79. The molecule has 6 heteroatoms. The normalized spacial score (nSPS) is 23.7. The molecule has 0 bridgehead atoms. The number of carbonyl (C=O) groups is 1. The maximum Gasteiger partial charge on any atom is 0.335 e. The Bertz CT molecular complexity index is 1110. The van der Waals surface area contributed by atoms with Crippen LogP contribution in [-0.2, 0) is 11.3 Å². The lowest BCUT2D eigenvalue weighted by Crippen LogP contribution is -2.53. The van der Waals surface area contributed by atoms with Gasteiger partial charge in [0.2, 0.25) is 0 Å². The quantitative estimate of drug-likeness (QED) is 0.627. The van der Waals surface area contributed by atoms with Crippen molar-refractivity contribution in [3.63, 3.8) is 0 Å². The van der Waals surface area contributed by atoms with E-state index in [0.29, 0.717) is 5.56 Å². The lowest BCUT2D eigenvalue weighted by molar-refractivity contribution is -0.185. The molecule has 2 atom stereocenters. The highest BCUT2D eigenvalue weighted by Gasteiger charge is 2.45. The molecule has 0 radical (unpaired) electrons. The first-order valence-corrected chi connectivity index (χ1v) is 10.8. The molecule has 2 aliphatic rings. The van der Waals surface area contributed by atoms with E-state index in [1.54, 1.807) is 19.2 Å². The Morgan fingerprint density at radius 1 is 1.29 bits per heavy atom. The third-order valence-corrected chi connectivity index (χ3v) is 7.06. The van der Waals surface area contributed by atoms with Gasteiger partial charge in [-0.1, -0.05) is 12.1 Å². The maximum atomic E-state index is 11.3. The van der Waals surface area contributed by atoms with Crippen molar-refractivity contribution in [2.75, 3.05) is 20.3 Å². The summed E-state index contributed by atoms with van der Waals surface area (Å²) in [5.74, 6) is 0.00912. The van der Waals surface area contributed by atoms with Crippen LogP contribution in [0.1, 0.15) is 52.4 Å². The summed E-state index contributed by atoms with van der Waals surface area (Å²) in [4.78, 5) is 17.1. The van der Waals surface area contributed by atoms with Crippen molar-refractivity contribution >= 4 is 16.9 Å². The van der Waals surface area contributed by atoms with Crippen LogP contribution in [0.15, 0.2) is 42.6 Å². The van der Waals surface area contributed by atoms with E-state index >= 15 is 0 Å². The van der Waals surface area contributed by atoms with Gasteiger partial charge in [0.05, 0.1) is 24.9 Å². The van der Waals surface area contributed by atoms with Crippen molar-refractivity contribution in [3.05, 3.63) is 64.8 Å². The molecule has 3 aromatic rings. The zero-order valence-electron chi connectivity index (χ0n) is 18.0. The van der Waals surface area contributed by atoms with Crippen LogP contribution in [0.25, 0.3) is 10.9 Å². The second-order valence-corrected chi connectivity index (χ2v) is 8.79. The molecule has 5 rings (SSSR count). The third kappa shape index (κ3) is 3.50. The van der Waals surface area contributed by atoms with Crippen LogP contribution in [0.4, 0.5) is 0 Å². The number of likely N-dealkylation sites (tertiary alicyclic amines) is 1. The molecular weight excluding hydrogens is 392 g/mol. The van der Waals surface area contributed by atoms with Gasteiger partial charge in [-0.25, -0.2) is 4.79 Å². The van der Waals surface area contributed by atoms with Gasteiger partial charge in [0.15, 0.2) is 0 Å². The van der Waals surface area contributed by atoms with E-state index in [-0.39, 0.29) is 11.6 Å². The average molecular weight is 421 g/mol. The number of aromatic carboxylic acids is 1. The number of aryl methyl sites for hydroxylation is 1. The van der Waals surface area contributed by atoms with Crippen LogP contribution in [0, 0.1) is 6.92 Å². The molecule has 2 aromatic carbocycles. The zero-order chi connectivity index (χ0) is 21.6. The second kappa shape index (κ2) is 7.70. The summed E-state index contributed by atoms with van der Waals surface area (Å²) in [7, 11) is 1.73. The van der Waals surface area contributed by atoms with E-state index in [1.165, 1.54) is 16.5 Å². The van der Waals surface area contributed by atoms with Gasteiger partial charge < -0.3 is 19.6 Å². The zero-order valence-corrected chi connectivity index (χ0v) is 18.0. The molecule has 0 saturated carbocycles. The number of aromatic nitrogens is 1. The third-order valence-electron chi connectivity index (χ3n) is 7.06. The molecule has 6 nitrogen and oxygen atoms in total. The number of benzene rings is 2. The van der Waals surface area contributed by atoms with Gasteiger partial charge in [0.1, 0.15) is 5.75 Å². The highest BCUT2D eigenvalue weighted by Crippen LogP contribution is 2.46. The minimum Gasteiger partial charge on any atom is -0.496 e. The molecular formula is C25H28N2O4. The van der Waals surface area contributed by atoms with Crippen LogP contribution >= 0.6 is 0 Å². The SMILES string of the molecule is COc1cc(C)c2[nH]ccc2c1CN1CC[C@@]2(CCO2)C[C@H]1c1ccc(C(=O)O)cc1.